The number of benzene rings is 1. The number of hydrogen-bond donors (Lipinski definition) is 1. The molecule has 0 saturated carbocycles. The number of aryl methyl sites for hydroxylation is 1. The van der Waals surface area contributed by atoms with Crippen LogP contribution in [0.1, 0.15) is 17.5 Å². The van der Waals surface area contributed by atoms with Crippen molar-refractivity contribution in [2.75, 3.05) is 23.5 Å². The van der Waals surface area contributed by atoms with Crippen LogP contribution >= 0.6 is 11.8 Å². The summed E-state index contributed by atoms with van der Waals surface area (Å²) in [6.07, 6.45) is 1.30. The van der Waals surface area contributed by atoms with Gasteiger partial charge in [-0.2, -0.15) is 11.8 Å². The van der Waals surface area contributed by atoms with E-state index in [1.54, 1.807) is 0 Å². The largest absolute Gasteiger partial charge is 0.371 e. The Labute approximate surface area is 102 Å². The fraction of sp³-hybridized carbons (Fsp3) is 0.538. The number of rotatable bonds is 3. The van der Waals surface area contributed by atoms with E-state index in [0.717, 1.165) is 0 Å². The van der Waals surface area contributed by atoms with Crippen LogP contribution in [-0.4, -0.2) is 24.6 Å². The Balaban J connectivity index is 2.19. The molecule has 1 aliphatic rings. The summed E-state index contributed by atoms with van der Waals surface area (Å²) in [6, 6.07) is 7.25. The molecule has 0 radical (unpaired) electrons. The normalized spacial score (nSPS) is 20.1. The second-order valence-electron chi connectivity index (χ2n) is 4.45. The number of thioether (sulfide) groups is 1. The van der Waals surface area contributed by atoms with Crippen molar-refractivity contribution in [1.29, 1.82) is 0 Å². The van der Waals surface area contributed by atoms with Gasteiger partial charge in [-0.1, -0.05) is 12.1 Å². The molecule has 1 aliphatic heterocycles. The van der Waals surface area contributed by atoms with E-state index in [1.165, 1.54) is 34.7 Å². The van der Waals surface area contributed by atoms with Crippen LogP contribution in [0.5, 0.6) is 0 Å². The molecule has 2 rings (SSSR count). The van der Waals surface area contributed by atoms with Crippen LogP contribution in [0, 0.1) is 6.92 Å². The quantitative estimate of drug-likeness (QED) is 0.874. The minimum Gasteiger partial charge on any atom is -0.371 e. The SMILES string of the molecule is Cc1cc(CN)ccc1N(C)C1CCSC1. The topological polar surface area (TPSA) is 29.3 Å². The molecule has 1 saturated heterocycles. The first-order chi connectivity index (χ1) is 7.72. The molecule has 1 aromatic rings. The van der Waals surface area contributed by atoms with Gasteiger partial charge in [-0.05, 0) is 36.3 Å². The lowest BCUT2D eigenvalue weighted by Gasteiger charge is -2.27. The highest BCUT2D eigenvalue weighted by Gasteiger charge is 2.21. The summed E-state index contributed by atoms with van der Waals surface area (Å²) in [7, 11) is 2.21. The molecular formula is C13H20N2S. The van der Waals surface area contributed by atoms with E-state index in [1.807, 2.05) is 0 Å². The summed E-state index contributed by atoms with van der Waals surface area (Å²) in [4.78, 5) is 2.43. The number of nitrogens with zero attached hydrogens (tertiary/aromatic N) is 1. The molecule has 88 valence electrons. The standard InChI is InChI=1S/C13H20N2S/c1-10-7-11(8-14)3-4-13(10)15(2)12-5-6-16-9-12/h3-4,7,12H,5-6,8-9,14H2,1-2H3. The average Bonchev–Trinajstić information content (AvgIpc) is 2.81. The maximum atomic E-state index is 5.65. The van der Waals surface area contributed by atoms with Crippen molar-refractivity contribution < 1.29 is 0 Å². The van der Waals surface area contributed by atoms with Crippen LogP contribution in [0.15, 0.2) is 18.2 Å². The summed E-state index contributed by atoms with van der Waals surface area (Å²) < 4.78 is 0. The van der Waals surface area contributed by atoms with E-state index >= 15 is 0 Å². The lowest BCUT2D eigenvalue weighted by Crippen LogP contribution is -2.31. The van der Waals surface area contributed by atoms with Gasteiger partial charge in [-0.25, -0.2) is 0 Å². The first-order valence-electron chi connectivity index (χ1n) is 5.82. The molecule has 0 amide bonds. The third kappa shape index (κ3) is 2.36. The monoisotopic (exact) mass is 236 g/mol. The summed E-state index contributed by atoms with van der Waals surface area (Å²) in [5.41, 5.74) is 9.56. The molecule has 1 atom stereocenters. The van der Waals surface area contributed by atoms with Crippen molar-refractivity contribution in [2.45, 2.75) is 25.9 Å². The Hall–Kier alpha value is -0.670. The van der Waals surface area contributed by atoms with E-state index in [9.17, 15) is 0 Å². The maximum Gasteiger partial charge on any atom is 0.0396 e. The Bertz CT molecular complexity index is 359. The predicted octanol–water partition coefficient (Wildman–Crippen LogP) is 2.40. The van der Waals surface area contributed by atoms with Crippen molar-refractivity contribution in [3.05, 3.63) is 29.3 Å². The second kappa shape index (κ2) is 5.11. The highest BCUT2D eigenvalue weighted by molar-refractivity contribution is 7.99. The molecule has 16 heavy (non-hydrogen) atoms. The zero-order valence-corrected chi connectivity index (χ0v) is 10.9. The molecular weight excluding hydrogens is 216 g/mol. The third-order valence-corrected chi connectivity index (χ3v) is 4.48. The van der Waals surface area contributed by atoms with Gasteiger partial charge in [-0.3, -0.25) is 0 Å². The van der Waals surface area contributed by atoms with Gasteiger partial charge in [-0.15, -0.1) is 0 Å². The minimum absolute atomic E-state index is 0.629. The van der Waals surface area contributed by atoms with Gasteiger partial charge in [0.1, 0.15) is 0 Å². The molecule has 1 aromatic carbocycles. The lowest BCUT2D eigenvalue weighted by atomic mass is 10.1. The number of anilines is 1. The van der Waals surface area contributed by atoms with Crippen LogP contribution in [0.25, 0.3) is 0 Å². The molecule has 0 bridgehead atoms. The Morgan fingerprint density at radius 1 is 1.50 bits per heavy atom. The van der Waals surface area contributed by atoms with E-state index in [2.05, 4.69) is 48.8 Å². The molecule has 1 fully saturated rings. The predicted molar refractivity (Wildman–Crippen MR) is 73.2 cm³/mol. The van der Waals surface area contributed by atoms with Crippen LogP contribution < -0.4 is 10.6 Å². The van der Waals surface area contributed by atoms with E-state index in [4.69, 9.17) is 5.73 Å². The van der Waals surface area contributed by atoms with E-state index in [0.29, 0.717) is 12.6 Å². The highest BCUT2D eigenvalue weighted by atomic mass is 32.2. The number of nitrogens with two attached hydrogens (primary N) is 1. The Morgan fingerprint density at radius 2 is 2.31 bits per heavy atom. The Kier molecular flexibility index (Phi) is 3.77. The number of hydrogen-bond acceptors (Lipinski definition) is 3. The summed E-state index contributed by atoms with van der Waals surface area (Å²) >= 11 is 2.06. The van der Waals surface area contributed by atoms with Crippen LogP contribution in [0.3, 0.4) is 0 Å². The molecule has 2 nitrogen and oxygen atoms in total. The van der Waals surface area contributed by atoms with Crippen LogP contribution in [0.2, 0.25) is 0 Å². The van der Waals surface area contributed by atoms with E-state index < -0.39 is 0 Å². The van der Waals surface area contributed by atoms with Gasteiger partial charge < -0.3 is 10.6 Å². The van der Waals surface area contributed by atoms with Gasteiger partial charge in [0.25, 0.3) is 0 Å². The molecule has 1 heterocycles. The molecule has 1 unspecified atom stereocenters. The molecule has 0 aromatic heterocycles. The molecule has 0 aliphatic carbocycles. The zero-order chi connectivity index (χ0) is 11.5. The van der Waals surface area contributed by atoms with Gasteiger partial charge >= 0.3 is 0 Å². The average molecular weight is 236 g/mol. The van der Waals surface area contributed by atoms with Gasteiger partial charge in [0, 0.05) is 31.1 Å². The fourth-order valence-electron chi connectivity index (χ4n) is 2.26. The van der Waals surface area contributed by atoms with Gasteiger partial charge in [0.2, 0.25) is 0 Å². The Morgan fingerprint density at radius 3 is 2.88 bits per heavy atom. The van der Waals surface area contributed by atoms with E-state index in [-0.39, 0.29) is 0 Å². The molecule has 3 heteroatoms. The highest BCUT2D eigenvalue weighted by Crippen LogP contribution is 2.28. The second-order valence-corrected chi connectivity index (χ2v) is 5.60. The minimum atomic E-state index is 0.629. The van der Waals surface area contributed by atoms with Gasteiger partial charge in [0.15, 0.2) is 0 Å². The van der Waals surface area contributed by atoms with Crippen molar-refractivity contribution >= 4 is 17.4 Å². The first kappa shape index (κ1) is 11.8. The van der Waals surface area contributed by atoms with Crippen LogP contribution in [0.4, 0.5) is 5.69 Å². The molecule has 0 spiro atoms. The van der Waals surface area contributed by atoms with Gasteiger partial charge in [0.05, 0.1) is 0 Å². The smallest absolute Gasteiger partial charge is 0.0396 e. The fourth-order valence-corrected chi connectivity index (χ4v) is 3.53. The van der Waals surface area contributed by atoms with Crippen molar-refractivity contribution in [3.8, 4) is 0 Å². The maximum absolute atomic E-state index is 5.65. The van der Waals surface area contributed by atoms with Crippen LogP contribution in [-0.2, 0) is 6.54 Å². The lowest BCUT2D eigenvalue weighted by molar-refractivity contribution is 0.698. The third-order valence-electron chi connectivity index (χ3n) is 3.33. The summed E-state index contributed by atoms with van der Waals surface area (Å²) in [6.45, 7) is 2.80. The van der Waals surface area contributed by atoms with Crippen molar-refractivity contribution in [3.63, 3.8) is 0 Å². The summed E-state index contributed by atoms with van der Waals surface area (Å²) in [5.74, 6) is 2.56. The zero-order valence-electron chi connectivity index (χ0n) is 10.1. The van der Waals surface area contributed by atoms with Crippen molar-refractivity contribution in [2.24, 2.45) is 5.73 Å². The van der Waals surface area contributed by atoms with Crippen molar-refractivity contribution in [1.82, 2.24) is 0 Å². The first-order valence-corrected chi connectivity index (χ1v) is 6.98. The summed E-state index contributed by atoms with van der Waals surface area (Å²) in [5, 5.41) is 0. The molecule has 2 N–H and O–H groups in total.